The Morgan fingerprint density at radius 2 is 1.81 bits per heavy atom. The summed E-state index contributed by atoms with van der Waals surface area (Å²) >= 11 is 0. The zero-order chi connectivity index (χ0) is 14.7. The van der Waals surface area contributed by atoms with Crippen molar-refractivity contribution in [3.05, 3.63) is 71.3 Å². The Labute approximate surface area is 127 Å². The number of allylic oxidation sites excluding steroid dienone is 1. The fraction of sp³-hybridized carbons (Fsp3) is 0.300. The molecule has 2 unspecified atom stereocenters. The maximum absolute atomic E-state index is 5.99. The van der Waals surface area contributed by atoms with Gasteiger partial charge in [-0.1, -0.05) is 61.5 Å². The van der Waals surface area contributed by atoms with E-state index in [9.17, 15) is 0 Å². The van der Waals surface area contributed by atoms with Crippen LogP contribution in [0.4, 0.5) is 0 Å². The molecule has 0 N–H and O–H groups in total. The lowest BCUT2D eigenvalue weighted by Gasteiger charge is -2.25. The molecule has 2 atom stereocenters. The number of ether oxygens (including phenoxy) is 1. The quantitative estimate of drug-likeness (QED) is 0.759. The first-order valence-corrected chi connectivity index (χ1v) is 7.68. The number of para-hydroxylation sites is 1. The second-order valence-electron chi connectivity index (χ2n) is 5.98. The number of benzene rings is 2. The lowest BCUT2D eigenvalue weighted by atomic mass is 9.86. The van der Waals surface area contributed by atoms with Crippen LogP contribution in [0.15, 0.2) is 54.6 Å². The molecule has 0 spiro atoms. The van der Waals surface area contributed by atoms with Gasteiger partial charge >= 0.3 is 0 Å². The third-order valence-electron chi connectivity index (χ3n) is 4.39. The highest BCUT2D eigenvalue weighted by Gasteiger charge is 2.19. The summed E-state index contributed by atoms with van der Waals surface area (Å²) in [5.74, 6) is 2.02. The van der Waals surface area contributed by atoms with Crippen molar-refractivity contribution in [2.75, 3.05) is 6.61 Å². The minimum absolute atomic E-state index is 0.509. The van der Waals surface area contributed by atoms with E-state index < -0.39 is 0 Å². The van der Waals surface area contributed by atoms with E-state index in [0.29, 0.717) is 11.8 Å². The normalized spacial score (nSPS) is 21.0. The highest BCUT2D eigenvalue weighted by molar-refractivity contribution is 5.57. The van der Waals surface area contributed by atoms with Gasteiger partial charge in [0.25, 0.3) is 0 Å². The number of fused-ring (bicyclic) bond motifs is 1. The minimum Gasteiger partial charge on any atom is -0.493 e. The Bertz CT molecular complexity index is 642. The summed E-state index contributed by atoms with van der Waals surface area (Å²) in [6, 6.07) is 16.9. The zero-order valence-corrected chi connectivity index (χ0v) is 12.8. The third-order valence-corrected chi connectivity index (χ3v) is 4.39. The van der Waals surface area contributed by atoms with E-state index in [2.05, 4.69) is 62.4 Å². The van der Waals surface area contributed by atoms with Gasteiger partial charge in [-0.25, -0.2) is 0 Å². The number of hydrogen-bond donors (Lipinski definition) is 0. The molecule has 1 aliphatic heterocycles. The van der Waals surface area contributed by atoms with Crippen molar-refractivity contribution in [2.45, 2.75) is 20.3 Å². The molecule has 1 heterocycles. The van der Waals surface area contributed by atoms with E-state index in [1.165, 1.54) is 16.7 Å². The molecule has 1 heteroatoms. The summed E-state index contributed by atoms with van der Waals surface area (Å²) in [5, 5.41) is 0. The van der Waals surface area contributed by atoms with Gasteiger partial charge in [0.1, 0.15) is 5.75 Å². The fourth-order valence-corrected chi connectivity index (χ4v) is 2.87. The SMILES string of the molecule is Cc1ccccc1CC1C=Cc2ccccc2OCC1C. The molecule has 1 aliphatic rings. The molecule has 1 nitrogen and oxygen atoms in total. The molecule has 0 aliphatic carbocycles. The molecular formula is C20H22O. The Hall–Kier alpha value is -2.02. The molecule has 0 fully saturated rings. The second kappa shape index (κ2) is 6.17. The largest absolute Gasteiger partial charge is 0.493 e. The van der Waals surface area contributed by atoms with Gasteiger partial charge in [0, 0.05) is 5.56 Å². The fourth-order valence-electron chi connectivity index (χ4n) is 2.87. The summed E-state index contributed by atoms with van der Waals surface area (Å²) < 4.78 is 5.99. The first kappa shape index (κ1) is 13.9. The molecular weight excluding hydrogens is 256 g/mol. The topological polar surface area (TPSA) is 9.23 Å². The van der Waals surface area contributed by atoms with Gasteiger partial charge in [0.05, 0.1) is 6.61 Å². The Morgan fingerprint density at radius 1 is 1.05 bits per heavy atom. The Balaban J connectivity index is 1.85. The van der Waals surface area contributed by atoms with E-state index in [1.54, 1.807) is 0 Å². The highest BCUT2D eigenvalue weighted by atomic mass is 16.5. The monoisotopic (exact) mass is 278 g/mol. The van der Waals surface area contributed by atoms with Crippen LogP contribution in [0.3, 0.4) is 0 Å². The van der Waals surface area contributed by atoms with Gasteiger partial charge in [-0.3, -0.25) is 0 Å². The third kappa shape index (κ3) is 3.18. The van der Waals surface area contributed by atoms with Crippen LogP contribution in [0.25, 0.3) is 6.08 Å². The van der Waals surface area contributed by atoms with Crippen LogP contribution in [0, 0.1) is 18.8 Å². The second-order valence-corrected chi connectivity index (χ2v) is 5.98. The van der Waals surface area contributed by atoms with Gasteiger partial charge in [0.15, 0.2) is 0 Å². The number of hydrogen-bond acceptors (Lipinski definition) is 1. The predicted octanol–water partition coefficient (Wildman–Crippen LogP) is 4.90. The van der Waals surface area contributed by atoms with Crippen LogP contribution in [0.5, 0.6) is 5.75 Å². The number of rotatable bonds is 2. The minimum atomic E-state index is 0.509. The Kier molecular flexibility index (Phi) is 4.10. The predicted molar refractivity (Wildman–Crippen MR) is 88.5 cm³/mol. The van der Waals surface area contributed by atoms with Crippen LogP contribution < -0.4 is 4.74 Å². The van der Waals surface area contributed by atoms with Crippen molar-refractivity contribution in [1.29, 1.82) is 0 Å². The summed E-state index contributed by atoms with van der Waals surface area (Å²) in [4.78, 5) is 0. The summed E-state index contributed by atoms with van der Waals surface area (Å²) in [7, 11) is 0. The molecule has 2 aromatic rings. The van der Waals surface area contributed by atoms with E-state index in [0.717, 1.165) is 18.8 Å². The van der Waals surface area contributed by atoms with Crippen LogP contribution >= 0.6 is 0 Å². The van der Waals surface area contributed by atoms with E-state index >= 15 is 0 Å². The standard InChI is InChI=1S/C20H22O/c1-15-7-3-4-9-18(15)13-19-12-11-17-8-5-6-10-20(17)21-14-16(19)2/h3-12,16,19H,13-14H2,1-2H3. The summed E-state index contributed by atoms with van der Waals surface area (Å²) in [5.41, 5.74) is 3.99. The number of aryl methyl sites for hydroxylation is 1. The first-order chi connectivity index (χ1) is 10.2. The van der Waals surface area contributed by atoms with Crippen LogP contribution in [0.2, 0.25) is 0 Å². The van der Waals surface area contributed by atoms with Gasteiger partial charge in [-0.15, -0.1) is 0 Å². The van der Waals surface area contributed by atoms with Crippen molar-refractivity contribution in [3.8, 4) is 5.75 Å². The van der Waals surface area contributed by atoms with Gasteiger partial charge in [-0.2, -0.15) is 0 Å². The summed E-state index contributed by atoms with van der Waals surface area (Å²) in [6.45, 7) is 5.25. The smallest absolute Gasteiger partial charge is 0.126 e. The van der Waals surface area contributed by atoms with Gasteiger partial charge in [-0.05, 0) is 42.4 Å². The van der Waals surface area contributed by atoms with Crippen LogP contribution in [-0.4, -0.2) is 6.61 Å². The molecule has 108 valence electrons. The van der Waals surface area contributed by atoms with Crippen molar-refractivity contribution < 1.29 is 4.74 Å². The van der Waals surface area contributed by atoms with Crippen molar-refractivity contribution in [1.82, 2.24) is 0 Å². The lowest BCUT2D eigenvalue weighted by Crippen LogP contribution is -2.21. The molecule has 0 saturated heterocycles. The maximum Gasteiger partial charge on any atom is 0.126 e. The van der Waals surface area contributed by atoms with Crippen LogP contribution in [0.1, 0.15) is 23.6 Å². The Morgan fingerprint density at radius 3 is 2.67 bits per heavy atom. The van der Waals surface area contributed by atoms with Gasteiger partial charge in [0.2, 0.25) is 0 Å². The maximum atomic E-state index is 5.99. The molecule has 21 heavy (non-hydrogen) atoms. The lowest BCUT2D eigenvalue weighted by molar-refractivity contribution is 0.224. The molecule has 3 rings (SSSR count). The average molecular weight is 278 g/mol. The van der Waals surface area contributed by atoms with E-state index in [4.69, 9.17) is 4.74 Å². The highest BCUT2D eigenvalue weighted by Crippen LogP contribution is 2.28. The molecule has 0 saturated carbocycles. The molecule has 2 aromatic carbocycles. The first-order valence-electron chi connectivity index (χ1n) is 7.68. The molecule has 0 aromatic heterocycles. The molecule has 0 radical (unpaired) electrons. The molecule has 0 bridgehead atoms. The zero-order valence-electron chi connectivity index (χ0n) is 12.8. The van der Waals surface area contributed by atoms with Gasteiger partial charge < -0.3 is 4.74 Å². The average Bonchev–Trinajstić information content (AvgIpc) is 2.50. The van der Waals surface area contributed by atoms with Crippen molar-refractivity contribution >= 4 is 6.08 Å². The van der Waals surface area contributed by atoms with E-state index in [-0.39, 0.29) is 0 Å². The van der Waals surface area contributed by atoms with Crippen LogP contribution in [-0.2, 0) is 6.42 Å². The summed E-state index contributed by atoms with van der Waals surface area (Å²) in [6.07, 6.45) is 5.66. The molecule has 0 amide bonds. The van der Waals surface area contributed by atoms with Crippen molar-refractivity contribution in [2.24, 2.45) is 11.8 Å². The van der Waals surface area contributed by atoms with Crippen molar-refractivity contribution in [3.63, 3.8) is 0 Å². The van der Waals surface area contributed by atoms with E-state index in [1.807, 2.05) is 12.1 Å².